The van der Waals surface area contributed by atoms with Gasteiger partial charge in [0.05, 0.1) is 18.3 Å². The van der Waals surface area contributed by atoms with Crippen LogP contribution in [0.15, 0.2) is 6.20 Å². The van der Waals surface area contributed by atoms with Gasteiger partial charge in [-0.2, -0.15) is 5.10 Å². The van der Waals surface area contributed by atoms with Crippen LogP contribution in [-0.2, 0) is 11.8 Å². The topological polar surface area (TPSA) is 59.0 Å². The second-order valence-electron chi connectivity index (χ2n) is 5.04. The fraction of sp³-hybridized carbons (Fsp3) is 0.692. The van der Waals surface area contributed by atoms with Gasteiger partial charge in [-0.3, -0.25) is 9.48 Å². The minimum Gasteiger partial charge on any atom is -0.348 e. The summed E-state index contributed by atoms with van der Waals surface area (Å²) in [6, 6.07) is -0.0203. The molecule has 1 aromatic rings. The van der Waals surface area contributed by atoms with Crippen LogP contribution in [0.4, 0.5) is 0 Å². The van der Waals surface area contributed by atoms with Crippen LogP contribution in [0.2, 0.25) is 0 Å². The van der Waals surface area contributed by atoms with Crippen molar-refractivity contribution in [2.24, 2.45) is 7.05 Å². The number of hydrogen-bond donors (Lipinski definition) is 2. The molecule has 1 saturated heterocycles. The molecule has 1 aliphatic heterocycles. The molecule has 1 fully saturated rings. The van der Waals surface area contributed by atoms with Crippen molar-refractivity contribution in [2.75, 3.05) is 6.54 Å². The van der Waals surface area contributed by atoms with Crippen LogP contribution in [0.3, 0.4) is 0 Å². The lowest BCUT2D eigenvalue weighted by molar-refractivity contribution is -0.124. The number of hydrogen-bond acceptors (Lipinski definition) is 3. The molecule has 0 bridgehead atoms. The molecule has 2 rings (SSSR count). The van der Waals surface area contributed by atoms with Crippen LogP contribution < -0.4 is 10.6 Å². The maximum Gasteiger partial charge on any atom is 0.237 e. The van der Waals surface area contributed by atoms with Crippen molar-refractivity contribution in [1.29, 1.82) is 0 Å². The third-order valence-corrected chi connectivity index (χ3v) is 3.73. The lowest BCUT2D eigenvalue weighted by Crippen LogP contribution is -2.47. The van der Waals surface area contributed by atoms with Crippen LogP contribution in [-0.4, -0.2) is 28.3 Å². The van der Waals surface area contributed by atoms with Crippen molar-refractivity contribution in [3.05, 3.63) is 17.5 Å². The van der Waals surface area contributed by atoms with Gasteiger partial charge >= 0.3 is 0 Å². The monoisotopic (exact) mass is 250 g/mol. The number of piperidine rings is 1. The molecule has 2 unspecified atom stereocenters. The standard InChI is InChI=1S/C13H22N4O/c1-9(11-8-15-17(3)10(11)2)16-13(18)12-6-4-5-7-14-12/h8-9,12,14H,4-7H2,1-3H3,(H,16,18). The van der Waals surface area contributed by atoms with Gasteiger partial charge in [-0.25, -0.2) is 0 Å². The number of carbonyl (C=O) groups excluding carboxylic acids is 1. The smallest absolute Gasteiger partial charge is 0.237 e. The van der Waals surface area contributed by atoms with Gasteiger partial charge in [-0.1, -0.05) is 6.42 Å². The summed E-state index contributed by atoms with van der Waals surface area (Å²) in [5.41, 5.74) is 2.18. The molecule has 0 saturated carbocycles. The maximum atomic E-state index is 12.1. The Bertz CT molecular complexity index is 421. The molecular formula is C13H22N4O. The Labute approximate surface area is 108 Å². The van der Waals surface area contributed by atoms with Gasteiger partial charge in [-0.05, 0) is 33.2 Å². The van der Waals surface area contributed by atoms with E-state index in [4.69, 9.17) is 0 Å². The number of aryl methyl sites for hydroxylation is 1. The molecule has 18 heavy (non-hydrogen) atoms. The van der Waals surface area contributed by atoms with Crippen molar-refractivity contribution in [2.45, 2.75) is 45.2 Å². The van der Waals surface area contributed by atoms with Crippen molar-refractivity contribution < 1.29 is 4.79 Å². The summed E-state index contributed by atoms with van der Waals surface area (Å²) in [6.07, 6.45) is 5.06. The first-order valence-corrected chi connectivity index (χ1v) is 6.62. The molecule has 5 nitrogen and oxygen atoms in total. The molecule has 100 valence electrons. The van der Waals surface area contributed by atoms with Crippen molar-refractivity contribution in [3.8, 4) is 0 Å². The minimum atomic E-state index is -0.0295. The predicted octanol–water partition coefficient (Wildman–Crippen LogP) is 1.05. The molecule has 0 aliphatic carbocycles. The molecule has 5 heteroatoms. The average molecular weight is 250 g/mol. The molecule has 2 heterocycles. The lowest BCUT2D eigenvalue weighted by Gasteiger charge is -2.24. The number of aromatic nitrogens is 2. The Morgan fingerprint density at radius 1 is 1.61 bits per heavy atom. The largest absolute Gasteiger partial charge is 0.348 e. The summed E-state index contributed by atoms with van der Waals surface area (Å²) >= 11 is 0. The van der Waals surface area contributed by atoms with Gasteiger partial charge in [0.1, 0.15) is 0 Å². The van der Waals surface area contributed by atoms with Crippen molar-refractivity contribution >= 4 is 5.91 Å². The predicted molar refractivity (Wildman–Crippen MR) is 70.1 cm³/mol. The summed E-state index contributed by atoms with van der Waals surface area (Å²) in [6.45, 7) is 4.97. The van der Waals surface area contributed by atoms with E-state index in [9.17, 15) is 4.79 Å². The van der Waals surface area contributed by atoms with Crippen LogP contribution >= 0.6 is 0 Å². The van der Waals surface area contributed by atoms with Crippen molar-refractivity contribution in [3.63, 3.8) is 0 Å². The molecule has 2 N–H and O–H groups in total. The quantitative estimate of drug-likeness (QED) is 0.843. The van der Waals surface area contributed by atoms with E-state index in [1.807, 2.05) is 31.8 Å². The van der Waals surface area contributed by atoms with Crippen LogP contribution in [0, 0.1) is 6.92 Å². The van der Waals surface area contributed by atoms with E-state index < -0.39 is 0 Å². The Morgan fingerprint density at radius 2 is 2.39 bits per heavy atom. The third-order valence-electron chi connectivity index (χ3n) is 3.73. The van der Waals surface area contributed by atoms with Crippen LogP contribution in [0.5, 0.6) is 0 Å². The summed E-state index contributed by atoms with van der Waals surface area (Å²) < 4.78 is 1.83. The zero-order valence-electron chi connectivity index (χ0n) is 11.4. The van der Waals surface area contributed by atoms with Gasteiger partial charge in [0, 0.05) is 18.3 Å². The highest BCUT2D eigenvalue weighted by Gasteiger charge is 2.23. The van der Waals surface area contributed by atoms with Crippen LogP contribution in [0.25, 0.3) is 0 Å². The number of nitrogens with one attached hydrogen (secondary N) is 2. The fourth-order valence-electron chi connectivity index (χ4n) is 2.41. The minimum absolute atomic E-state index is 0.00919. The molecule has 1 aliphatic rings. The van der Waals surface area contributed by atoms with Crippen LogP contribution in [0.1, 0.15) is 43.5 Å². The maximum absolute atomic E-state index is 12.1. The van der Waals surface area contributed by atoms with Gasteiger partial charge < -0.3 is 10.6 Å². The first kappa shape index (κ1) is 13.1. The molecule has 1 amide bonds. The lowest BCUT2D eigenvalue weighted by atomic mass is 10.0. The molecular weight excluding hydrogens is 228 g/mol. The molecule has 0 spiro atoms. The zero-order valence-corrected chi connectivity index (χ0v) is 11.4. The Balaban J connectivity index is 1.96. The van der Waals surface area contributed by atoms with E-state index in [0.29, 0.717) is 0 Å². The van der Waals surface area contributed by atoms with E-state index in [1.54, 1.807) is 0 Å². The van der Waals surface area contributed by atoms with Gasteiger partial charge in [-0.15, -0.1) is 0 Å². The highest BCUT2D eigenvalue weighted by atomic mass is 16.2. The van der Waals surface area contributed by atoms with E-state index in [-0.39, 0.29) is 18.0 Å². The van der Waals surface area contributed by atoms with E-state index in [1.165, 1.54) is 6.42 Å². The second-order valence-corrected chi connectivity index (χ2v) is 5.04. The third kappa shape index (κ3) is 2.72. The van der Waals surface area contributed by atoms with Crippen molar-refractivity contribution in [1.82, 2.24) is 20.4 Å². The number of nitrogens with zero attached hydrogens (tertiary/aromatic N) is 2. The van der Waals surface area contributed by atoms with E-state index >= 15 is 0 Å². The van der Waals surface area contributed by atoms with E-state index in [2.05, 4.69) is 15.7 Å². The highest BCUT2D eigenvalue weighted by molar-refractivity contribution is 5.82. The SMILES string of the molecule is Cc1c(C(C)NC(=O)C2CCCCN2)cnn1C. The summed E-state index contributed by atoms with van der Waals surface area (Å²) in [7, 11) is 1.91. The molecule has 0 radical (unpaired) electrons. The Hall–Kier alpha value is -1.36. The first-order valence-electron chi connectivity index (χ1n) is 6.62. The number of rotatable bonds is 3. The Kier molecular flexibility index (Phi) is 4.01. The molecule has 1 aromatic heterocycles. The second kappa shape index (κ2) is 5.52. The first-order chi connectivity index (χ1) is 8.59. The van der Waals surface area contributed by atoms with E-state index in [0.717, 1.165) is 30.6 Å². The van der Waals surface area contributed by atoms with Gasteiger partial charge in [0.25, 0.3) is 0 Å². The van der Waals surface area contributed by atoms with Gasteiger partial charge in [0.15, 0.2) is 0 Å². The number of carbonyl (C=O) groups is 1. The highest BCUT2D eigenvalue weighted by Crippen LogP contribution is 2.16. The number of amides is 1. The summed E-state index contributed by atoms with van der Waals surface area (Å²) in [4.78, 5) is 12.1. The average Bonchev–Trinajstić information content (AvgIpc) is 2.71. The normalized spacial score (nSPS) is 21.6. The summed E-state index contributed by atoms with van der Waals surface area (Å²) in [5, 5.41) is 10.5. The van der Waals surface area contributed by atoms with Gasteiger partial charge in [0.2, 0.25) is 5.91 Å². The Morgan fingerprint density at radius 3 is 2.94 bits per heavy atom. The molecule has 0 aromatic carbocycles. The summed E-state index contributed by atoms with van der Waals surface area (Å²) in [5.74, 6) is 0.102. The zero-order chi connectivity index (χ0) is 13.1. The fourth-order valence-corrected chi connectivity index (χ4v) is 2.41. The molecule has 2 atom stereocenters.